The minimum Gasteiger partial charge on any atom is -0.450 e. The zero-order valence-electron chi connectivity index (χ0n) is 16.6. The van der Waals surface area contributed by atoms with Crippen LogP contribution in [0.25, 0.3) is 11.0 Å². The molecule has 0 saturated carbocycles. The molecule has 0 unspecified atom stereocenters. The smallest absolute Gasteiger partial charge is 0.290 e. The Kier molecular flexibility index (Phi) is 5.25. The van der Waals surface area contributed by atoms with Crippen LogP contribution in [0, 0.1) is 5.82 Å². The maximum absolute atomic E-state index is 13.8. The summed E-state index contributed by atoms with van der Waals surface area (Å²) in [6.45, 7) is 3.94. The van der Waals surface area contributed by atoms with Crippen molar-refractivity contribution in [2.45, 2.75) is 6.04 Å². The molecule has 0 N–H and O–H groups in total. The largest absolute Gasteiger partial charge is 0.450 e. The Balaban J connectivity index is 1.61. The molecule has 0 bridgehead atoms. The van der Waals surface area contributed by atoms with Crippen LogP contribution in [0.4, 0.5) is 4.39 Å². The predicted molar refractivity (Wildman–Crippen MR) is 114 cm³/mol. The van der Waals surface area contributed by atoms with E-state index in [4.69, 9.17) is 20.8 Å². The lowest BCUT2D eigenvalue weighted by atomic mass is 9.98. The second-order valence-corrected chi connectivity index (χ2v) is 8.16. The molecule has 0 spiro atoms. The lowest BCUT2D eigenvalue weighted by molar-refractivity contribution is 0.0314. The molecule has 2 aromatic carbocycles. The zero-order chi connectivity index (χ0) is 21.5. The molecule has 31 heavy (non-hydrogen) atoms. The Morgan fingerprint density at radius 1 is 1.06 bits per heavy atom. The molecule has 1 atom stereocenters. The number of morpholine rings is 1. The van der Waals surface area contributed by atoms with E-state index in [1.807, 2.05) is 6.07 Å². The van der Waals surface area contributed by atoms with E-state index in [2.05, 4.69) is 4.90 Å². The minimum atomic E-state index is -0.647. The first-order chi connectivity index (χ1) is 15.0. The van der Waals surface area contributed by atoms with Crippen LogP contribution in [0.5, 0.6) is 0 Å². The van der Waals surface area contributed by atoms with Crippen LogP contribution >= 0.6 is 11.6 Å². The summed E-state index contributed by atoms with van der Waals surface area (Å²) in [4.78, 5) is 30.6. The van der Waals surface area contributed by atoms with Crippen LogP contribution in [0.1, 0.15) is 27.7 Å². The number of rotatable bonds is 4. The van der Waals surface area contributed by atoms with E-state index < -0.39 is 17.3 Å². The number of carbonyl (C=O) groups is 1. The van der Waals surface area contributed by atoms with Gasteiger partial charge >= 0.3 is 0 Å². The van der Waals surface area contributed by atoms with E-state index in [9.17, 15) is 14.0 Å². The van der Waals surface area contributed by atoms with Crippen LogP contribution in [-0.2, 0) is 4.74 Å². The lowest BCUT2D eigenvalue weighted by Crippen LogP contribution is -2.42. The van der Waals surface area contributed by atoms with Crippen LogP contribution in [0.15, 0.2) is 51.7 Å². The van der Waals surface area contributed by atoms with Crippen molar-refractivity contribution < 1.29 is 18.3 Å². The topological polar surface area (TPSA) is 63.0 Å². The van der Waals surface area contributed by atoms with Crippen molar-refractivity contribution in [2.75, 3.05) is 39.4 Å². The molecule has 2 aliphatic heterocycles. The van der Waals surface area contributed by atoms with Gasteiger partial charge in [-0.15, -0.1) is 0 Å². The predicted octanol–water partition coefficient (Wildman–Crippen LogP) is 3.46. The monoisotopic (exact) mass is 442 g/mol. The van der Waals surface area contributed by atoms with E-state index in [0.29, 0.717) is 36.9 Å². The van der Waals surface area contributed by atoms with E-state index in [1.165, 1.54) is 12.1 Å². The second-order valence-electron chi connectivity index (χ2n) is 7.72. The highest BCUT2D eigenvalue weighted by Gasteiger charge is 2.42. The molecule has 8 heteroatoms. The first-order valence-corrected chi connectivity index (χ1v) is 10.5. The van der Waals surface area contributed by atoms with E-state index in [-0.39, 0.29) is 28.2 Å². The van der Waals surface area contributed by atoms with Gasteiger partial charge < -0.3 is 14.1 Å². The molecule has 3 heterocycles. The maximum atomic E-state index is 13.8. The maximum Gasteiger partial charge on any atom is 0.290 e. The molecule has 160 valence electrons. The van der Waals surface area contributed by atoms with Crippen LogP contribution < -0.4 is 5.43 Å². The van der Waals surface area contributed by atoms with Crippen molar-refractivity contribution in [3.8, 4) is 0 Å². The van der Waals surface area contributed by atoms with Crippen molar-refractivity contribution >= 4 is 28.5 Å². The molecule has 5 rings (SSSR count). The molecule has 0 aliphatic carbocycles. The molecule has 1 aromatic heterocycles. The summed E-state index contributed by atoms with van der Waals surface area (Å²) in [5.74, 6) is -0.875. The third-order valence-corrected chi connectivity index (χ3v) is 6.09. The third kappa shape index (κ3) is 3.63. The number of hydrogen-bond donors (Lipinski definition) is 0. The van der Waals surface area contributed by atoms with Crippen molar-refractivity contribution in [3.05, 3.63) is 80.4 Å². The van der Waals surface area contributed by atoms with Gasteiger partial charge in [-0.05, 0) is 35.9 Å². The number of hydrogen-bond acceptors (Lipinski definition) is 5. The standard InChI is InChI=1S/C23H20ClFN2O4/c24-15-3-1-2-14(12-15)20-19-21(28)17-13-16(25)4-5-18(17)31-22(19)23(29)27(20)7-6-26-8-10-30-11-9-26/h1-5,12-13,20H,6-11H2/t20-/m0/s1. The fraction of sp³-hybridized carbons (Fsp3) is 0.304. The minimum absolute atomic E-state index is 0.0102. The van der Waals surface area contributed by atoms with Crippen molar-refractivity contribution in [1.82, 2.24) is 9.80 Å². The highest BCUT2D eigenvalue weighted by molar-refractivity contribution is 6.30. The Morgan fingerprint density at radius 2 is 1.87 bits per heavy atom. The third-order valence-electron chi connectivity index (χ3n) is 5.85. The number of nitrogens with zero attached hydrogens (tertiary/aromatic N) is 2. The van der Waals surface area contributed by atoms with Crippen LogP contribution in [0.3, 0.4) is 0 Å². The van der Waals surface area contributed by atoms with Gasteiger partial charge in [-0.1, -0.05) is 23.7 Å². The Bertz CT molecular complexity index is 1220. The van der Waals surface area contributed by atoms with E-state index in [1.54, 1.807) is 23.1 Å². The Hall–Kier alpha value is -2.74. The van der Waals surface area contributed by atoms with Crippen molar-refractivity contribution in [1.29, 1.82) is 0 Å². The normalized spacial score (nSPS) is 19.2. The number of halogens is 2. The number of amides is 1. The summed E-state index contributed by atoms with van der Waals surface area (Å²) in [6.07, 6.45) is 0. The molecule has 1 amide bonds. The second kappa shape index (κ2) is 8.07. The summed E-state index contributed by atoms with van der Waals surface area (Å²) >= 11 is 6.21. The van der Waals surface area contributed by atoms with Gasteiger partial charge in [0.15, 0.2) is 5.43 Å². The van der Waals surface area contributed by atoms with E-state index >= 15 is 0 Å². The first kappa shape index (κ1) is 20.2. The first-order valence-electron chi connectivity index (χ1n) is 10.2. The number of ether oxygens (including phenoxy) is 1. The molecular formula is C23H20ClFN2O4. The van der Waals surface area contributed by atoms with Gasteiger partial charge in [0.05, 0.1) is 30.2 Å². The fourth-order valence-electron chi connectivity index (χ4n) is 4.32. The summed E-state index contributed by atoms with van der Waals surface area (Å²) in [7, 11) is 0. The number of benzene rings is 2. The van der Waals surface area contributed by atoms with Crippen LogP contribution in [-0.4, -0.2) is 55.1 Å². The Labute approximate surface area is 182 Å². The number of fused-ring (bicyclic) bond motifs is 2. The SMILES string of the molecule is O=C1c2oc3ccc(F)cc3c(=O)c2[C@H](c2cccc(Cl)c2)N1CCN1CCOCC1. The average Bonchev–Trinajstić information content (AvgIpc) is 3.05. The quantitative estimate of drug-likeness (QED) is 0.619. The lowest BCUT2D eigenvalue weighted by Gasteiger charge is -2.31. The van der Waals surface area contributed by atoms with Gasteiger partial charge in [-0.3, -0.25) is 14.5 Å². The molecular weight excluding hydrogens is 423 g/mol. The van der Waals surface area contributed by atoms with E-state index in [0.717, 1.165) is 19.2 Å². The molecule has 1 fully saturated rings. The van der Waals surface area contributed by atoms with Gasteiger partial charge in [-0.25, -0.2) is 4.39 Å². The Morgan fingerprint density at radius 3 is 2.65 bits per heavy atom. The summed E-state index contributed by atoms with van der Waals surface area (Å²) in [5.41, 5.74) is 0.735. The highest BCUT2D eigenvalue weighted by Crippen LogP contribution is 2.38. The van der Waals surface area contributed by atoms with Crippen LogP contribution in [0.2, 0.25) is 5.02 Å². The van der Waals surface area contributed by atoms with Crippen molar-refractivity contribution in [3.63, 3.8) is 0 Å². The highest BCUT2D eigenvalue weighted by atomic mass is 35.5. The summed E-state index contributed by atoms with van der Waals surface area (Å²) in [5, 5.41) is 0.622. The molecule has 6 nitrogen and oxygen atoms in total. The molecule has 3 aromatic rings. The van der Waals surface area contributed by atoms with Gasteiger partial charge in [0.1, 0.15) is 11.4 Å². The van der Waals surface area contributed by atoms with Crippen molar-refractivity contribution in [2.24, 2.45) is 0 Å². The summed E-state index contributed by atoms with van der Waals surface area (Å²) < 4.78 is 25.1. The molecule has 1 saturated heterocycles. The average molecular weight is 443 g/mol. The van der Waals surface area contributed by atoms with Gasteiger partial charge in [0.2, 0.25) is 5.76 Å². The van der Waals surface area contributed by atoms with Gasteiger partial charge in [-0.2, -0.15) is 0 Å². The molecule has 0 radical (unpaired) electrons. The van der Waals surface area contributed by atoms with Gasteiger partial charge in [0.25, 0.3) is 5.91 Å². The zero-order valence-corrected chi connectivity index (χ0v) is 17.4. The number of carbonyl (C=O) groups excluding carboxylic acids is 1. The summed E-state index contributed by atoms with van der Waals surface area (Å²) in [6, 6.07) is 10.2. The molecule has 2 aliphatic rings. The van der Waals surface area contributed by atoms with Gasteiger partial charge in [0, 0.05) is 31.2 Å². The fourth-order valence-corrected chi connectivity index (χ4v) is 4.52.